The lowest BCUT2D eigenvalue weighted by Crippen LogP contribution is -2.58. The van der Waals surface area contributed by atoms with Gasteiger partial charge in [0.1, 0.15) is 35.3 Å². The number of carbonyl (C=O) groups is 3. The first-order valence-corrected chi connectivity index (χ1v) is 19.6. The number of nitrogens with one attached hydrogen (secondary N) is 3. The predicted octanol–water partition coefficient (Wildman–Crippen LogP) is 5.62. The maximum absolute atomic E-state index is 14.5. The number of hydrogen-bond acceptors (Lipinski definition) is 8. The number of fused-ring (bicyclic) bond motifs is 3. The zero-order valence-corrected chi connectivity index (χ0v) is 30.3. The summed E-state index contributed by atoms with van der Waals surface area (Å²) in [7, 11) is -4.04. The summed E-state index contributed by atoms with van der Waals surface area (Å²) in [5, 5.41) is 7.18. The summed E-state index contributed by atoms with van der Waals surface area (Å²) in [4.78, 5) is 48.1. The van der Waals surface area contributed by atoms with Crippen LogP contribution in [0.2, 0.25) is 0 Å². The van der Waals surface area contributed by atoms with Crippen LogP contribution in [-0.2, 0) is 30.6 Å². The molecule has 4 aliphatic rings. The Hall–Kier alpha value is -4.73. The molecule has 2 aliphatic carbocycles. The van der Waals surface area contributed by atoms with Crippen molar-refractivity contribution in [3.8, 4) is 5.75 Å². The number of anilines is 1. The number of ether oxygens (including phenoxy) is 1. The lowest BCUT2D eigenvalue weighted by molar-refractivity contribution is -0.140. The summed E-state index contributed by atoms with van der Waals surface area (Å²) in [6.07, 6.45) is 4.84. The van der Waals surface area contributed by atoms with Crippen molar-refractivity contribution < 1.29 is 45.1 Å². The van der Waals surface area contributed by atoms with Gasteiger partial charge >= 0.3 is 6.18 Å². The molecule has 0 spiro atoms. The molecule has 2 saturated carbocycles. The van der Waals surface area contributed by atoms with Gasteiger partial charge in [0, 0.05) is 35.8 Å². The van der Waals surface area contributed by atoms with E-state index in [-0.39, 0.29) is 31.5 Å². The summed E-state index contributed by atoms with van der Waals surface area (Å²) >= 11 is 0. The summed E-state index contributed by atoms with van der Waals surface area (Å²) in [6, 6.07) is 6.82. The summed E-state index contributed by atoms with van der Waals surface area (Å²) in [5.74, 6) is -3.38. The van der Waals surface area contributed by atoms with Crippen LogP contribution in [-0.4, -0.2) is 71.0 Å². The SMILES string of the molecule is CC1(S(=O)(=O)NC(=O)[C@@]23C[C@H]2/C=C\CCCCC[C@H](Nc2cc(F)cc(C(F)(F)F)c2)C(=O)N2C[C@H](Oc4cccc5ccncc45)C[C@H]2C(=O)N3)CC1. The molecule has 0 bridgehead atoms. The Morgan fingerprint density at radius 2 is 1.89 bits per heavy atom. The van der Waals surface area contributed by atoms with Crippen molar-refractivity contribution in [3.05, 3.63) is 78.4 Å². The van der Waals surface area contributed by atoms with Gasteiger partial charge in [0.2, 0.25) is 21.8 Å². The number of aromatic nitrogens is 1. The highest BCUT2D eigenvalue weighted by Crippen LogP contribution is 2.47. The number of allylic oxidation sites excluding steroid dienone is 1. The van der Waals surface area contributed by atoms with E-state index in [1.54, 1.807) is 43.6 Å². The number of amides is 3. The first-order chi connectivity index (χ1) is 25.6. The molecule has 16 heteroatoms. The quantitative estimate of drug-likeness (QED) is 0.208. The number of sulfonamides is 1. The molecule has 2 aromatic carbocycles. The lowest BCUT2D eigenvalue weighted by Gasteiger charge is -2.30. The van der Waals surface area contributed by atoms with E-state index in [2.05, 4.69) is 20.3 Å². The maximum Gasteiger partial charge on any atom is 0.416 e. The first kappa shape index (κ1) is 37.6. The van der Waals surface area contributed by atoms with Crippen LogP contribution < -0.4 is 20.1 Å². The largest absolute Gasteiger partial charge is 0.488 e. The van der Waals surface area contributed by atoms with E-state index in [1.165, 1.54) is 4.90 Å². The molecule has 1 saturated heterocycles. The molecule has 3 N–H and O–H groups in total. The number of carbonyl (C=O) groups excluding carboxylic acids is 3. The van der Waals surface area contributed by atoms with Crippen molar-refractivity contribution in [1.29, 1.82) is 0 Å². The summed E-state index contributed by atoms with van der Waals surface area (Å²) in [6.45, 7) is 1.45. The Kier molecular flexibility index (Phi) is 9.86. The molecule has 0 radical (unpaired) electrons. The van der Waals surface area contributed by atoms with Crippen LogP contribution in [0.4, 0.5) is 23.2 Å². The van der Waals surface area contributed by atoms with Crippen LogP contribution in [0.1, 0.15) is 70.3 Å². The summed E-state index contributed by atoms with van der Waals surface area (Å²) in [5.41, 5.74) is -3.06. The fourth-order valence-electron chi connectivity index (χ4n) is 7.35. The molecule has 2 aliphatic heterocycles. The minimum atomic E-state index is -4.84. The molecule has 3 heterocycles. The van der Waals surface area contributed by atoms with Gasteiger partial charge in [-0.05, 0) is 81.2 Å². The van der Waals surface area contributed by atoms with E-state index in [4.69, 9.17) is 4.74 Å². The van der Waals surface area contributed by atoms with Crippen molar-refractivity contribution in [1.82, 2.24) is 19.9 Å². The highest BCUT2D eigenvalue weighted by atomic mass is 32.2. The number of benzene rings is 2. The van der Waals surface area contributed by atoms with Gasteiger partial charge in [0.05, 0.1) is 16.9 Å². The van der Waals surface area contributed by atoms with Crippen LogP contribution in [0.25, 0.3) is 10.8 Å². The van der Waals surface area contributed by atoms with E-state index in [1.807, 2.05) is 12.1 Å². The van der Waals surface area contributed by atoms with Crippen molar-refractivity contribution in [2.75, 3.05) is 11.9 Å². The van der Waals surface area contributed by atoms with Gasteiger partial charge in [-0.25, -0.2) is 12.8 Å². The molecule has 7 rings (SSSR count). The van der Waals surface area contributed by atoms with Crippen molar-refractivity contribution >= 4 is 44.2 Å². The fourth-order valence-corrected chi connectivity index (χ4v) is 8.66. The zero-order valence-electron chi connectivity index (χ0n) is 29.5. The third-order valence-electron chi connectivity index (χ3n) is 11.0. The van der Waals surface area contributed by atoms with Crippen molar-refractivity contribution in [2.24, 2.45) is 5.92 Å². The Balaban J connectivity index is 1.21. The Bertz CT molecular complexity index is 2100. The average molecular weight is 772 g/mol. The fraction of sp³-hybridized carbons (Fsp3) is 0.474. The molecular formula is C38H41F4N5O6S. The topological polar surface area (TPSA) is 147 Å². The second-order valence-corrected chi connectivity index (χ2v) is 17.2. The van der Waals surface area contributed by atoms with Crippen LogP contribution in [0, 0.1) is 11.7 Å². The third kappa shape index (κ3) is 7.62. The van der Waals surface area contributed by atoms with Crippen LogP contribution >= 0.6 is 0 Å². The maximum atomic E-state index is 14.5. The minimum absolute atomic E-state index is 0.0201. The van der Waals surface area contributed by atoms with E-state index in [0.717, 1.165) is 17.5 Å². The van der Waals surface area contributed by atoms with Crippen LogP contribution in [0.3, 0.4) is 0 Å². The van der Waals surface area contributed by atoms with E-state index in [9.17, 15) is 40.4 Å². The van der Waals surface area contributed by atoms with Gasteiger partial charge in [-0.3, -0.25) is 24.1 Å². The predicted molar refractivity (Wildman–Crippen MR) is 191 cm³/mol. The first-order valence-electron chi connectivity index (χ1n) is 18.1. The van der Waals surface area contributed by atoms with Gasteiger partial charge < -0.3 is 20.3 Å². The lowest BCUT2D eigenvalue weighted by atomic mass is 10.0. The summed E-state index contributed by atoms with van der Waals surface area (Å²) < 4.78 is 89.0. The third-order valence-corrected chi connectivity index (χ3v) is 13.1. The normalized spacial score (nSPS) is 27.8. The molecule has 3 fully saturated rings. The van der Waals surface area contributed by atoms with Gasteiger partial charge in [-0.1, -0.05) is 37.1 Å². The van der Waals surface area contributed by atoms with Crippen molar-refractivity contribution in [2.45, 2.75) is 99.4 Å². The van der Waals surface area contributed by atoms with Crippen molar-refractivity contribution in [3.63, 3.8) is 0 Å². The monoisotopic (exact) mass is 771 g/mol. The molecule has 3 aromatic rings. The Morgan fingerprint density at radius 3 is 2.65 bits per heavy atom. The number of nitrogens with zero attached hydrogens (tertiary/aromatic N) is 2. The number of rotatable bonds is 7. The Morgan fingerprint density at radius 1 is 1.09 bits per heavy atom. The van der Waals surface area contributed by atoms with Gasteiger partial charge in [-0.15, -0.1) is 0 Å². The second kappa shape index (κ2) is 14.2. The molecule has 54 heavy (non-hydrogen) atoms. The zero-order chi connectivity index (χ0) is 38.5. The van der Waals surface area contributed by atoms with Crippen LogP contribution in [0.15, 0.2) is 67.0 Å². The molecule has 1 aromatic heterocycles. The van der Waals surface area contributed by atoms with Gasteiger partial charge in [-0.2, -0.15) is 13.2 Å². The highest BCUT2D eigenvalue weighted by molar-refractivity contribution is 7.91. The van der Waals surface area contributed by atoms with E-state index >= 15 is 0 Å². The highest BCUT2D eigenvalue weighted by Gasteiger charge is 2.63. The molecule has 5 atom stereocenters. The Labute approximate surface area is 310 Å². The standard InChI is InChI=1S/C38H41F4N5O6S/c1-36(13-14-36)54(51,52)46-35(50)37-20-24(37)9-5-3-2-4-6-10-30(44-27-17-25(38(40,41)42)16-26(39)18-27)34(49)47-22-28(19-31(47)33(48)45-37)53-32-11-7-8-23-12-15-43-21-29(23)32/h5,7-9,11-12,15-18,21,24,28,30-31,44H,2-4,6,10,13-14,19-20,22H2,1H3,(H,45,48)(H,46,50)/b9-5-/t24-,28-,30+,31+,37-/m1/s1. The molecule has 0 unspecified atom stereocenters. The van der Waals surface area contributed by atoms with Gasteiger partial charge in [0.15, 0.2) is 0 Å². The number of alkyl halides is 3. The second-order valence-electron chi connectivity index (χ2n) is 15.0. The average Bonchev–Trinajstić information content (AvgIpc) is 4.00. The number of halogens is 4. The molecule has 11 nitrogen and oxygen atoms in total. The molecular weight excluding hydrogens is 731 g/mol. The van der Waals surface area contributed by atoms with E-state index in [0.29, 0.717) is 55.7 Å². The van der Waals surface area contributed by atoms with Crippen LogP contribution in [0.5, 0.6) is 5.75 Å². The van der Waals surface area contributed by atoms with E-state index < -0.39 is 79.7 Å². The van der Waals surface area contributed by atoms with Gasteiger partial charge in [0.25, 0.3) is 5.91 Å². The number of pyridine rings is 1. The number of hydrogen-bond donors (Lipinski definition) is 3. The molecule has 288 valence electrons. The minimum Gasteiger partial charge on any atom is -0.488 e. The smallest absolute Gasteiger partial charge is 0.416 e. The molecule has 3 amide bonds.